The van der Waals surface area contributed by atoms with Crippen LogP contribution in [0.5, 0.6) is 0 Å². The molecule has 1 N–H and O–H groups in total. The third-order valence-electron chi connectivity index (χ3n) is 2.75. The van der Waals surface area contributed by atoms with Gasteiger partial charge >= 0.3 is 11.9 Å². The van der Waals surface area contributed by atoms with Crippen LogP contribution >= 0.6 is 0 Å². The zero-order valence-electron chi connectivity index (χ0n) is 10.6. The van der Waals surface area contributed by atoms with E-state index in [0.29, 0.717) is 5.56 Å². The van der Waals surface area contributed by atoms with Crippen LogP contribution in [0, 0.1) is 17.2 Å². The predicted molar refractivity (Wildman–Crippen MR) is 67.2 cm³/mol. The summed E-state index contributed by atoms with van der Waals surface area (Å²) >= 11 is 0. The van der Waals surface area contributed by atoms with Gasteiger partial charge in [0, 0.05) is 12.3 Å². The van der Waals surface area contributed by atoms with E-state index in [1.165, 1.54) is 0 Å². The molecule has 0 saturated carbocycles. The SMILES string of the molecule is CCOC(=O)C(C(=O)O)C(CC#N)c1ccccc1. The Balaban J connectivity index is 3.10. The van der Waals surface area contributed by atoms with Crippen LogP contribution in [-0.4, -0.2) is 23.7 Å². The number of aliphatic carboxylic acids is 1. The quantitative estimate of drug-likeness (QED) is 0.624. The molecule has 0 aromatic heterocycles. The van der Waals surface area contributed by atoms with E-state index in [1.807, 2.05) is 6.07 Å². The Morgan fingerprint density at radius 2 is 2.00 bits per heavy atom. The van der Waals surface area contributed by atoms with Gasteiger partial charge in [-0.05, 0) is 12.5 Å². The summed E-state index contributed by atoms with van der Waals surface area (Å²) < 4.78 is 4.78. The standard InChI is InChI=1S/C14H15NO4/c1-2-19-14(18)12(13(16)17)11(8-9-15)10-6-4-3-5-7-10/h3-7,11-12H,2,8H2,1H3,(H,16,17). The summed E-state index contributed by atoms with van der Waals surface area (Å²) in [4.78, 5) is 23.1. The normalized spacial score (nSPS) is 13.1. The van der Waals surface area contributed by atoms with Gasteiger partial charge < -0.3 is 9.84 Å². The summed E-state index contributed by atoms with van der Waals surface area (Å²) in [5.74, 6) is -4.15. The lowest BCUT2D eigenvalue weighted by Gasteiger charge is -2.20. The van der Waals surface area contributed by atoms with Crippen LogP contribution in [0.3, 0.4) is 0 Å². The number of ether oxygens (including phenoxy) is 1. The van der Waals surface area contributed by atoms with Crippen molar-refractivity contribution in [2.45, 2.75) is 19.3 Å². The summed E-state index contributed by atoms with van der Waals surface area (Å²) in [6.45, 7) is 1.72. The first-order valence-electron chi connectivity index (χ1n) is 5.93. The van der Waals surface area contributed by atoms with Crippen molar-refractivity contribution in [1.82, 2.24) is 0 Å². The molecule has 19 heavy (non-hydrogen) atoms. The van der Waals surface area contributed by atoms with Crippen molar-refractivity contribution >= 4 is 11.9 Å². The number of hydrogen-bond acceptors (Lipinski definition) is 4. The molecular formula is C14H15NO4. The summed E-state index contributed by atoms with van der Waals surface area (Å²) in [6.07, 6.45) is -0.0558. The maximum Gasteiger partial charge on any atom is 0.320 e. The molecule has 2 unspecified atom stereocenters. The number of esters is 1. The third-order valence-corrected chi connectivity index (χ3v) is 2.75. The van der Waals surface area contributed by atoms with E-state index in [2.05, 4.69) is 0 Å². The first-order chi connectivity index (χ1) is 9.11. The molecule has 0 aliphatic rings. The number of carbonyl (C=O) groups is 2. The fraction of sp³-hybridized carbons (Fsp3) is 0.357. The van der Waals surface area contributed by atoms with Crippen molar-refractivity contribution in [3.8, 4) is 6.07 Å². The summed E-state index contributed by atoms with van der Waals surface area (Å²) in [7, 11) is 0. The number of carboxylic acid groups (broad SMARTS) is 1. The van der Waals surface area contributed by atoms with Crippen molar-refractivity contribution in [2.24, 2.45) is 5.92 Å². The van der Waals surface area contributed by atoms with E-state index in [9.17, 15) is 14.7 Å². The molecule has 1 aromatic rings. The number of hydrogen-bond donors (Lipinski definition) is 1. The number of benzene rings is 1. The van der Waals surface area contributed by atoms with Crippen molar-refractivity contribution in [3.63, 3.8) is 0 Å². The van der Waals surface area contributed by atoms with E-state index in [4.69, 9.17) is 10.00 Å². The second-order valence-electron chi connectivity index (χ2n) is 3.95. The molecule has 2 atom stereocenters. The monoisotopic (exact) mass is 261 g/mol. The van der Waals surface area contributed by atoms with Gasteiger partial charge in [0.15, 0.2) is 5.92 Å². The van der Waals surface area contributed by atoms with Crippen LogP contribution in [0.15, 0.2) is 30.3 Å². The van der Waals surface area contributed by atoms with Gasteiger partial charge in [0.05, 0.1) is 12.7 Å². The molecule has 0 bridgehead atoms. The van der Waals surface area contributed by atoms with Crippen molar-refractivity contribution < 1.29 is 19.4 Å². The fourth-order valence-corrected chi connectivity index (χ4v) is 1.90. The van der Waals surface area contributed by atoms with Crippen LogP contribution < -0.4 is 0 Å². The highest BCUT2D eigenvalue weighted by Gasteiger charge is 2.36. The molecule has 5 nitrogen and oxygen atoms in total. The van der Waals surface area contributed by atoms with E-state index in [-0.39, 0.29) is 13.0 Å². The first kappa shape index (κ1) is 14.7. The Bertz CT molecular complexity index is 478. The summed E-state index contributed by atoms with van der Waals surface area (Å²) in [5.41, 5.74) is 0.643. The minimum absolute atomic E-state index is 0.0558. The third kappa shape index (κ3) is 3.81. The maximum absolute atomic E-state index is 11.8. The van der Waals surface area contributed by atoms with Crippen LogP contribution in [0.2, 0.25) is 0 Å². The fourth-order valence-electron chi connectivity index (χ4n) is 1.90. The Hall–Kier alpha value is -2.35. The molecule has 0 amide bonds. The molecule has 5 heteroatoms. The molecule has 0 radical (unpaired) electrons. The van der Waals surface area contributed by atoms with Crippen molar-refractivity contribution in [3.05, 3.63) is 35.9 Å². The lowest BCUT2D eigenvalue weighted by molar-refractivity contribution is -0.159. The second-order valence-corrected chi connectivity index (χ2v) is 3.95. The molecule has 100 valence electrons. The average molecular weight is 261 g/mol. The average Bonchev–Trinajstić information content (AvgIpc) is 2.39. The first-order valence-corrected chi connectivity index (χ1v) is 5.93. The van der Waals surface area contributed by atoms with E-state index in [1.54, 1.807) is 37.3 Å². The Kier molecular flexibility index (Phi) is 5.55. The number of carbonyl (C=O) groups excluding carboxylic acids is 1. The number of nitrogens with zero attached hydrogens (tertiary/aromatic N) is 1. The molecule has 1 rings (SSSR count). The molecule has 1 aromatic carbocycles. The van der Waals surface area contributed by atoms with E-state index in [0.717, 1.165) is 0 Å². The second kappa shape index (κ2) is 7.17. The zero-order valence-corrected chi connectivity index (χ0v) is 10.6. The Morgan fingerprint density at radius 1 is 1.37 bits per heavy atom. The Labute approximate surface area is 111 Å². The van der Waals surface area contributed by atoms with E-state index < -0.39 is 23.8 Å². The molecule has 0 spiro atoms. The molecule has 0 heterocycles. The lowest BCUT2D eigenvalue weighted by Crippen LogP contribution is -2.31. The van der Waals surface area contributed by atoms with E-state index >= 15 is 0 Å². The number of rotatable bonds is 6. The Morgan fingerprint density at radius 3 is 2.47 bits per heavy atom. The topological polar surface area (TPSA) is 87.4 Å². The lowest BCUT2D eigenvalue weighted by atomic mass is 9.84. The molecule has 0 aliphatic carbocycles. The zero-order chi connectivity index (χ0) is 14.3. The smallest absolute Gasteiger partial charge is 0.320 e. The van der Waals surface area contributed by atoms with Gasteiger partial charge in [-0.25, -0.2) is 0 Å². The largest absolute Gasteiger partial charge is 0.481 e. The van der Waals surface area contributed by atoms with Crippen LogP contribution in [0.4, 0.5) is 0 Å². The highest BCUT2D eigenvalue weighted by atomic mass is 16.5. The van der Waals surface area contributed by atoms with Gasteiger partial charge in [0.2, 0.25) is 0 Å². The summed E-state index contributed by atoms with van der Waals surface area (Å²) in [5, 5.41) is 18.1. The highest BCUT2D eigenvalue weighted by Crippen LogP contribution is 2.29. The van der Waals surface area contributed by atoms with Crippen LogP contribution in [-0.2, 0) is 14.3 Å². The van der Waals surface area contributed by atoms with Gasteiger partial charge in [-0.15, -0.1) is 0 Å². The van der Waals surface area contributed by atoms with Gasteiger partial charge in [0.1, 0.15) is 0 Å². The molecule has 0 fully saturated rings. The van der Waals surface area contributed by atoms with Gasteiger partial charge in [-0.1, -0.05) is 30.3 Å². The van der Waals surface area contributed by atoms with Gasteiger partial charge in [-0.3, -0.25) is 9.59 Å². The molecule has 0 aliphatic heterocycles. The molecule has 0 saturated heterocycles. The van der Waals surface area contributed by atoms with Crippen LogP contribution in [0.1, 0.15) is 24.8 Å². The predicted octanol–water partition coefficient (Wildman–Crippen LogP) is 1.95. The number of carboxylic acids is 1. The van der Waals surface area contributed by atoms with Crippen molar-refractivity contribution in [1.29, 1.82) is 5.26 Å². The number of nitriles is 1. The molecular weight excluding hydrogens is 246 g/mol. The van der Waals surface area contributed by atoms with Gasteiger partial charge in [0.25, 0.3) is 0 Å². The maximum atomic E-state index is 11.8. The minimum Gasteiger partial charge on any atom is -0.481 e. The van der Waals surface area contributed by atoms with Gasteiger partial charge in [-0.2, -0.15) is 5.26 Å². The van der Waals surface area contributed by atoms with Crippen molar-refractivity contribution in [2.75, 3.05) is 6.61 Å². The minimum atomic E-state index is -1.36. The highest BCUT2D eigenvalue weighted by molar-refractivity contribution is 5.95. The van der Waals surface area contributed by atoms with Crippen LogP contribution in [0.25, 0.3) is 0 Å². The summed E-state index contributed by atoms with van der Waals surface area (Å²) in [6, 6.07) is 10.6.